The molecule has 4 atom stereocenters. The molecule has 4 heteroatoms. The Morgan fingerprint density at radius 3 is 2.49 bits per heavy atom. The molecular formula is C37H32N3Si. The van der Waals surface area contributed by atoms with E-state index in [1.165, 1.54) is 27.2 Å². The van der Waals surface area contributed by atoms with Crippen LogP contribution in [0.4, 0.5) is 5.69 Å². The van der Waals surface area contributed by atoms with Gasteiger partial charge in [0.15, 0.2) is 0 Å². The van der Waals surface area contributed by atoms with E-state index in [2.05, 4.69) is 133 Å². The zero-order valence-electron chi connectivity index (χ0n) is 23.2. The van der Waals surface area contributed by atoms with Crippen molar-refractivity contribution in [2.24, 2.45) is 5.41 Å². The molecule has 0 spiro atoms. The van der Waals surface area contributed by atoms with E-state index in [1.54, 1.807) is 6.20 Å². The smallest absolute Gasteiger partial charge is 0.133 e. The molecule has 0 amide bonds. The first-order valence-corrected chi connectivity index (χ1v) is 16.1. The lowest BCUT2D eigenvalue weighted by Gasteiger charge is -2.54. The lowest BCUT2D eigenvalue weighted by molar-refractivity contribution is 0.412. The molecule has 41 heavy (non-hydrogen) atoms. The van der Waals surface area contributed by atoms with E-state index >= 15 is 0 Å². The first kappa shape index (κ1) is 25.5. The highest BCUT2D eigenvalue weighted by molar-refractivity contribution is 6.88. The summed E-state index contributed by atoms with van der Waals surface area (Å²) in [5, 5.41) is 12.3. The van der Waals surface area contributed by atoms with E-state index in [1.807, 2.05) is 12.1 Å². The Morgan fingerprint density at radius 1 is 0.878 bits per heavy atom. The SMILES string of the molecule is CC1(C2=CCCC=C2c2ccc(C#N)cn2)C=CC=CC1N1c2ccccc2[Si](c2ccccc2)C2C=CC=CC21. The summed E-state index contributed by atoms with van der Waals surface area (Å²) in [6, 6.07) is 26.7. The summed E-state index contributed by atoms with van der Waals surface area (Å²) in [6.07, 6.45) is 27.1. The number of rotatable bonds is 4. The molecule has 0 N–H and O–H groups in total. The number of aromatic nitrogens is 1. The van der Waals surface area contributed by atoms with E-state index in [0.29, 0.717) is 11.1 Å². The standard InChI is InChI=1S/C37H32N3Si/c1-37(30-16-6-5-15-29(30)31-23-22-27(25-38)26-39-31)24-12-11-21-36(37)40-32-17-7-9-19-34(32)41(28-13-3-2-4-14-28)35-20-10-8-18-33(35)40/h2-4,7-24,26,32,34,36H,5-6H2,1H3. The van der Waals surface area contributed by atoms with Crippen LogP contribution in [0.15, 0.2) is 139 Å². The Morgan fingerprint density at radius 2 is 1.66 bits per heavy atom. The zero-order chi connectivity index (χ0) is 27.8. The average Bonchev–Trinajstić information content (AvgIpc) is 3.04. The number of pyridine rings is 1. The van der Waals surface area contributed by atoms with Crippen molar-refractivity contribution in [3.05, 3.63) is 151 Å². The van der Waals surface area contributed by atoms with Gasteiger partial charge < -0.3 is 4.90 Å². The van der Waals surface area contributed by atoms with Crippen LogP contribution in [-0.4, -0.2) is 25.9 Å². The van der Waals surface area contributed by atoms with Crippen LogP contribution >= 0.6 is 0 Å². The number of hydrogen-bond acceptors (Lipinski definition) is 3. The normalized spacial score (nSPS) is 26.5. The number of para-hydroxylation sites is 1. The second kappa shape index (κ2) is 10.5. The van der Waals surface area contributed by atoms with Crippen LogP contribution < -0.4 is 15.3 Å². The van der Waals surface area contributed by atoms with E-state index in [0.717, 1.165) is 18.5 Å². The van der Waals surface area contributed by atoms with Crippen LogP contribution in [0.1, 0.15) is 31.0 Å². The third-order valence-electron chi connectivity index (χ3n) is 8.98. The van der Waals surface area contributed by atoms with Gasteiger partial charge in [0.2, 0.25) is 0 Å². The van der Waals surface area contributed by atoms with Crippen LogP contribution in [0.3, 0.4) is 0 Å². The highest BCUT2D eigenvalue weighted by atomic mass is 28.3. The van der Waals surface area contributed by atoms with Gasteiger partial charge in [0, 0.05) is 22.8 Å². The largest absolute Gasteiger partial charge is 0.357 e. The molecule has 0 fully saturated rings. The topological polar surface area (TPSA) is 39.9 Å². The van der Waals surface area contributed by atoms with E-state index in [4.69, 9.17) is 4.98 Å². The summed E-state index contributed by atoms with van der Waals surface area (Å²) in [6.45, 7) is 2.39. The summed E-state index contributed by atoms with van der Waals surface area (Å²) in [7, 11) is -1.06. The van der Waals surface area contributed by atoms with Gasteiger partial charge in [0.1, 0.15) is 14.9 Å². The first-order chi connectivity index (χ1) is 20.2. The molecule has 199 valence electrons. The first-order valence-electron chi connectivity index (χ1n) is 14.5. The fraction of sp³-hybridized carbons (Fsp3) is 0.189. The molecule has 4 aliphatic rings. The van der Waals surface area contributed by atoms with Gasteiger partial charge >= 0.3 is 0 Å². The Bertz CT molecular complexity index is 1690. The van der Waals surface area contributed by atoms with Crippen molar-refractivity contribution < 1.29 is 0 Å². The van der Waals surface area contributed by atoms with E-state index < -0.39 is 8.80 Å². The number of allylic oxidation sites excluding steroid dienone is 7. The predicted octanol–water partition coefficient (Wildman–Crippen LogP) is 6.55. The maximum Gasteiger partial charge on any atom is 0.133 e. The third kappa shape index (κ3) is 4.29. The number of nitriles is 1. The molecule has 2 aromatic carbocycles. The van der Waals surface area contributed by atoms with Crippen molar-refractivity contribution >= 4 is 30.4 Å². The van der Waals surface area contributed by atoms with Gasteiger partial charge in [-0.1, -0.05) is 114 Å². The van der Waals surface area contributed by atoms with E-state index in [9.17, 15) is 5.26 Å². The molecule has 0 saturated carbocycles. The van der Waals surface area contributed by atoms with Gasteiger partial charge in [-0.25, -0.2) is 0 Å². The van der Waals surface area contributed by atoms with Crippen molar-refractivity contribution in [2.45, 2.75) is 37.4 Å². The highest BCUT2D eigenvalue weighted by Crippen LogP contribution is 2.49. The predicted molar refractivity (Wildman–Crippen MR) is 171 cm³/mol. The lowest BCUT2D eigenvalue weighted by Crippen LogP contribution is -2.63. The molecule has 1 aromatic heterocycles. The molecule has 0 saturated heterocycles. The maximum absolute atomic E-state index is 9.33. The maximum atomic E-state index is 9.33. The van der Waals surface area contributed by atoms with Crippen LogP contribution in [-0.2, 0) is 0 Å². The van der Waals surface area contributed by atoms with Crippen LogP contribution in [0.2, 0.25) is 5.54 Å². The number of nitrogens with zero attached hydrogens (tertiary/aromatic N) is 3. The second-order valence-electron chi connectivity index (χ2n) is 11.3. The molecule has 3 aliphatic carbocycles. The van der Waals surface area contributed by atoms with Gasteiger partial charge in [-0.05, 0) is 54.3 Å². The Hall–Kier alpha value is -4.46. The summed E-state index contributed by atoms with van der Waals surface area (Å²) < 4.78 is 0. The van der Waals surface area contributed by atoms with Gasteiger partial charge in [-0.15, -0.1) is 0 Å². The van der Waals surface area contributed by atoms with Crippen molar-refractivity contribution in [3.8, 4) is 6.07 Å². The molecule has 1 radical (unpaired) electrons. The van der Waals surface area contributed by atoms with Gasteiger partial charge in [-0.3, -0.25) is 4.98 Å². The Balaban J connectivity index is 1.36. The van der Waals surface area contributed by atoms with Crippen LogP contribution in [0, 0.1) is 16.7 Å². The second-order valence-corrected chi connectivity index (χ2v) is 13.9. The van der Waals surface area contributed by atoms with Crippen molar-refractivity contribution in [2.75, 3.05) is 4.90 Å². The summed E-state index contributed by atoms with van der Waals surface area (Å²) in [5.41, 5.74) is 5.51. The molecular weight excluding hydrogens is 515 g/mol. The highest BCUT2D eigenvalue weighted by Gasteiger charge is 2.49. The number of hydrogen-bond donors (Lipinski definition) is 0. The van der Waals surface area contributed by atoms with E-state index in [-0.39, 0.29) is 17.5 Å². The minimum absolute atomic E-state index is 0.114. The zero-order valence-corrected chi connectivity index (χ0v) is 24.2. The molecule has 3 aromatic rings. The molecule has 4 unspecified atom stereocenters. The minimum atomic E-state index is -1.06. The summed E-state index contributed by atoms with van der Waals surface area (Å²) in [5.74, 6) is 0. The third-order valence-corrected chi connectivity index (χ3v) is 12.1. The van der Waals surface area contributed by atoms with Crippen LogP contribution in [0.5, 0.6) is 0 Å². The fourth-order valence-corrected chi connectivity index (χ4v) is 10.4. The molecule has 3 nitrogen and oxygen atoms in total. The Kier molecular flexibility index (Phi) is 6.53. The van der Waals surface area contributed by atoms with Crippen molar-refractivity contribution in [3.63, 3.8) is 0 Å². The minimum Gasteiger partial charge on any atom is -0.357 e. The van der Waals surface area contributed by atoms with Gasteiger partial charge in [0.25, 0.3) is 0 Å². The number of fused-ring (bicyclic) bond motifs is 2. The number of benzene rings is 2. The molecule has 2 heterocycles. The van der Waals surface area contributed by atoms with Gasteiger partial charge in [0.05, 0.1) is 23.3 Å². The number of anilines is 1. The fourth-order valence-electron chi connectivity index (χ4n) is 7.10. The van der Waals surface area contributed by atoms with Crippen molar-refractivity contribution in [1.29, 1.82) is 5.26 Å². The summed E-state index contributed by atoms with van der Waals surface area (Å²) in [4.78, 5) is 7.43. The Labute approximate surface area is 244 Å². The average molecular weight is 547 g/mol. The molecule has 0 bridgehead atoms. The monoisotopic (exact) mass is 546 g/mol. The summed E-state index contributed by atoms with van der Waals surface area (Å²) >= 11 is 0. The molecule has 7 rings (SSSR count). The van der Waals surface area contributed by atoms with Crippen LogP contribution in [0.25, 0.3) is 5.57 Å². The quantitative estimate of drug-likeness (QED) is 0.348. The molecule has 1 aliphatic heterocycles. The van der Waals surface area contributed by atoms with Gasteiger partial charge in [-0.2, -0.15) is 5.26 Å². The van der Waals surface area contributed by atoms with Crippen molar-refractivity contribution in [1.82, 2.24) is 4.98 Å². The lowest BCUT2D eigenvalue weighted by atomic mass is 9.67.